The molecule has 0 spiro atoms. The van der Waals surface area contributed by atoms with E-state index in [0.29, 0.717) is 22.2 Å². The van der Waals surface area contributed by atoms with Crippen molar-refractivity contribution in [3.63, 3.8) is 0 Å². The number of nitrogens with one attached hydrogen (secondary N) is 1. The van der Waals surface area contributed by atoms with Crippen LogP contribution in [0.5, 0.6) is 17.2 Å². The van der Waals surface area contributed by atoms with Crippen molar-refractivity contribution in [1.82, 2.24) is 4.98 Å². The van der Waals surface area contributed by atoms with Crippen LogP contribution in [0.1, 0.15) is 39.4 Å². The number of rotatable bonds is 7. The number of aromatic nitrogens is 1. The number of hydrogen-bond acceptors (Lipinski definition) is 7. The first-order valence-electron chi connectivity index (χ1n) is 10.8. The summed E-state index contributed by atoms with van der Waals surface area (Å²) in [6.45, 7) is 0. The lowest BCUT2D eigenvalue weighted by atomic mass is 9.85. The van der Waals surface area contributed by atoms with Gasteiger partial charge in [-0.2, -0.15) is 0 Å². The van der Waals surface area contributed by atoms with Crippen LogP contribution in [0.2, 0.25) is 0 Å². The Morgan fingerprint density at radius 1 is 0.971 bits per heavy atom. The molecule has 178 valence electrons. The van der Waals surface area contributed by atoms with Gasteiger partial charge in [0.25, 0.3) is 5.56 Å². The normalized spacial score (nSPS) is 11.7. The highest BCUT2D eigenvalue weighted by Crippen LogP contribution is 2.42. The van der Waals surface area contributed by atoms with Gasteiger partial charge in [0.2, 0.25) is 0 Å². The van der Waals surface area contributed by atoms with E-state index in [4.69, 9.17) is 9.47 Å². The van der Waals surface area contributed by atoms with E-state index < -0.39 is 29.0 Å². The Kier molecular flexibility index (Phi) is 6.55. The van der Waals surface area contributed by atoms with Crippen LogP contribution < -0.4 is 10.3 Å². The van der Waals surface area contributed by atoms with E-state index in [1.54, 1.807) is 54.6 Å². The molecule has 0 aliphatic heterocycles. The molecule has 0 saturated carbocycles. The summed E-state index contributed by atoms with van der Waals surface area (Å²) in [5, 5.41) is 22.5. The monoisotopic (exact) mass is 473 g/mol. The molecule has 0 aliphatic rings. The molecule has 0 bridgehead atoms. The van der Waals surface area contributed by atoms with Gasteiger partial charge in [-0.3, -0.25) is 14.4 Å². The van der Waals surface area contributed by atoms with Crippen LogP contribution in [0.15, 0.2) is 71.5 Å². The Morgan fingerprint density at radius 2 is 1.71 bits per heavy atom. The fourth-order valence-electron chi connectivity index (χ4n) is 4.07. The number of aromatic amines is 1. The van der Waals surface area contributed by atoms with Crippen molar-refractivity contribution in [3.8, 4) is 17.2 Å². The first-order chi connectivity index (χ1) is 16.8. The molecule has 0 aliphatic carbocycles. The summed E-state index contributed by atoms with van der Waals surface area (Å²) < 4.78 is 10.1. The number of methoxy groups -OCH3 is 2. The van der Waals surface area contributed by atoms with Crippen molar-refractivity contribution in [3.05, 3.63) is 99.3 Å². The van der Waals surface area contributed by atoms with Crippen LogP contribution in [0.4, 0.5) is 0 Å². The van der Waals surface area contributed by atoms with Crippen molar-refractivity contribution >= 4 is 22.7 Å². The fourth-order valence-corrected chi connectivity index (χ4v) is 4.07. The lowest BCUT2D eigenvalue weighted by molar-refractivity contribution is -0.140. The molecule has 1 aromatic heterocycles. The van der Waals surface area contributed by atoms with Crippen LogP contribution in [-0.2, 0) is 9.53 Å². The van der Waals surface area contributed by atoms with E-state index in [1.165, 1.54) is 26.4 Å². The number of hydrogen-bond donors (Lipinski definition) is 3. The smallest absolute Gasteiger partial charge is 0.306 e. The number of carbonyl (C=O) groups is 2. The van der Waals surface area contributed by atoms with E-state index in [0.717, 1.165) is 0 Å². The fraction of sp³-hybridized carbons (Fsp3) is 0.148. The van der Waals surface area contributed by atoms with Crippen molar-refractivity contribution in [2.45, 2.75) is 12.3 Å². The number of phenols is 2. The standard InChI is InChI=1S/C27H23NO7/c1-34-17-8-10-21-16(12-17)13-20(27(33)28-21)19(14-23(30)35-2)24-22(29)11-9-18(26(24)32)25(31)15-6-4-3-5-7-15/h3-13,19,29,32H,14H2,1-2H3,(H,28,33)/t19-/m1/s1. The number of pyridine rings is 1. The quantitative estimate of drug-likeness (QED) is 0.275. The van der Waals surface area contributed by atoms with Gasteiger partial charge in [0.05, 0.1) is 26.2 Å². The van der Waals surface area contributed by atoms with Crippen LogP contribution in [0.3, 0.4) is 0 Å². The maximum atomic E-state index is 13.1. The van der Waals surface area contributed by atoms with Gasteiger partial charge in [0.1, 0.15) is 17.2 Å². The van der Waals surface area contributed by atoms with Gasteiger partial charge < -0.3 is 24.7 Å². The summed E-state index contributed by atoms with van der Waals surface area (Å²) in [7, 11) is 2.71. The molecular weight excluding hydrogens is 450 g/mol. The predicted molar refractivity (Wildman–Crippen MR) is 129 cm³/mol. The van der Waals surface area contributed by atoms with E-state index in [9.17, 15) is 24.6 Å². The molecule has 0 radical (unpaired) electrons. The predicted octanol–water partition coefficient (Wildman–Crippen LogP) is 3.87. The molecule has 1 atom stereocenters. The molecule has 8 heteroatoms. The minimum atomic E-state index is -1.11. The maximum Gasteiger partial charge on any atom is 0.306 e. The van der Waals surface area contributed by atoms with Crippen LogP contribution in [0.25, 0.3) is 10.9 Å². The second-order valence-electron chi connectivity index (χ2n) is 7.93. The molecule has 0 unspecified atom stereocenters. The second kappa shape index (κ2) is 9.72. The summed E-state index contributed by atoms with van der Waals surface area (Å²) in [4.78, 5) is 41.2. The number of phenolic OH excluding ortho intramolecular Hbond substituents is 2. The third kappa shape index (κ3) is 4.59. The molecule has 3 N–H and O–H groups in total. The van der Waals surface area contributed by atoms with Crippen molar-refractivity contribution in [1.29, 1.82) is 0 Å². The highest BCUT2D eigenvalue weighted by atomic mass is 16.5. The highest BCUT2D eigenvalue weighted by molar-refractivity contribution is 6.11. The number of benzene rings is 3. The number of ether oxygens (including phenoxy) is 2. The number of fused-ring (bicyclic) bond motifs is 1. The van der Waals surface area contributed by atoms with Gasteiger partial charge in [-0.15, -0.1) is 0 Å². The van der Waals surface area contributed by atoms with Crippen LogP contribution >= 0.6 is 0 Å². The minimum absolute atomic E-state index is 0.0715. The average molecular weight is 473 g/mol. The Bertz CT molecular complexity index is 1470. The SMILES string of the molecule is COC(=O)C[C@@H](c1c(O)ccc(C(=O)c2ccccc2)c1O)c1cc2cc(OC)ccc2[nH]c1=O. The molecule has 1 heterocycles. The largest absolute Gasteiger partial charge is 0.508 e. The van der Waals surface area contributed by atoms with E-state index in [1.807, 2.05) is 0 Å². The zero-order chi connectivity index (χ0) is 25.1. The summed E-state index contributed by atoms with van der Waals surface area (Å²) in [6.07, 6.45) is -0.362. The lowest BCUT2D eigenvalue weighted by Gasteiger charge is -2.20. The summed E-state index contributed by atoms with van der Waals surface area (Å²) in [5.41, 5.74) is 0.265. The topological polar surface area (TPSA) is 126 Å². The van der Waals surface area contributed by atoms with Gasteiger partial charge in [-0.05, 0) is 36.4 Å². The summed E-state index contributed by atoms with van der Waals surface area (Å²) >= 11 is 0. The number of aromatic hydroxyl groups is 2. The van der Waals surface area contributed by atoms with Gasteiger partial charge in [0.15, 0.2) is 5.78 Å². The third-order valence-electron chi connectivity index (χ3n) is 5.88. The first kappa shape index (κ1) is 23.6. The zero-order valence-electron chi connectivity index (χ0n) is 19.1. The third-order valence-corrected chi connectivity index (χ3v) is 5.88. The van der Waals surface area contributed by atoms with Gasteiger partial charge in [0, 0.05) is 33.5 Å². The van der Waals surface area contributed by atoms with E-state index >= 15 is 0 Å². The Labute approximate surface area is 200 Å². The van der Waals surface area contributed by atoms with Crippen LogP contribution in [-0.4, -0.2) is 41.2 Å². The minimum Gasteiger partial charge on any atom is -0.508 e. The second-order valence-corrected chi connectivity index (χ2v) is 7.93. The average Bonchev–Trinajstić information content (AvgIpc) is 2.87. The van der Waals surface area contributed by atoms with E-state index in [-0.39, 0.29) is 28.9 Å². The maximum absolute atomic E-state index is 13.1. The van der Waals surface area contributed by atoms with E-state index in [2.05, 4.69) is 4.98 Å². The number of ketones is 1. The Balaban J connectivity index is 1.92. The Morgan fingerprint density at radius 3 is 2.40 bits per heavy atom. The van der Waals surface area contributed by atoms with Crippen molar-refractivity contribution < 1.29 is 29.3 Å². The molecule has 35 heavy (non-hydrogen) atoms. The first-order valence-corrected chi connectivity index (χ1v) is 10.8. The van der Waals surface area contributed by atoms with Gasteiger partial charge in [-0.1, -0.05) is 30.3 Å². The lowest BCUT2D eigenvalue weighted by Crippen LogP contribution is -2.20. The van der Waals surface area contributed by atoms with Crippen LogP contribution in [0, 0.1) is 0 Å². The molecule has 0 fully saturated rings. The summed E-state index contributed by atoms with van der Waals surface area (Å²) in [6, 6.07) is 17.5. The van der Waals surface area contributed by atoms with Gasteiger partial charge >= 0.3 is 5.97 Å². The molecule has 3 aromatic carbocycles. The van der Waals surface area contributed by atoms with Crippen molar-refractivity contribution in [2.75, 3.05) is 14.2 Å². The Hall–Kier alpha value is -4.59. The molecule has 4 rings (SSSR count). The summed E-state index contributed by atoms with van der Waals surface area (Å²) in [5.74, 6) is -2.58. The highest BCUT2D eigenvalue weighted by Gasteiger charge is 2.30. The number of H-pyrrole nitrogens is 1. The molecule has 8 nitrogen and oxygen atoms in total. The van der Waals surface area contributed by atoms with Gasteiger partial charge in [-0.25, -0.2) is 0 Å². The molecule has 0 saturated heterocycles. The number of esters is 1. The molecular formula is C27H23NO7. The number of carbonyl (C=O) groups excluding carboxylic acids is 2. The zero-order valence-corrected chi connectivity index (χ0v) is 19.1. The molecule has 4 aromatic rings. The molecule has 0 amide bonds. The van der Waals surface area contributed by atoms with Crippen molar-refractivity contribution in [2.24, 2.45) is 0 Å².